The summed E-state index contributed by atoms with van der Waals surface area (Å²) in [4.78, 5) is 29.4. The highest BCUT2D eigenvalue weighted by Gasteiger charge is 2.63. The van der Waals surface area contributed by atoms with Crippen molar-refractivity contribution in [2.75, 3.05) is 0 Å². The first-order chi connectivity index (χ1) is 10.2. The maximum atomic E-state index is 10.8. The van der Waals surface area contributed by atoms with Crippen LogP contribution in [0.5, 0.6) is 0 Å². The van der Waals surface area contributed by atoms with E-state index in [4.69, 9.17) is 0 Å². The molecular weight excluding hydrogens is 264 g/mol. The van der Waals surface area contributed by atoms with Gasteiger partial charge >= 0.3 is 0 Å². The van der Waals surface area contributed by atoms with Gasteiger partial charge in [-0.25, -0.2) is 19.6 Å². The predicted molar refractivity (Wildman–Crippen MR) is 79.3 cm³/mol. The van der Waals surface area contributed by atoms with Gasteiger partial charge in [-0.1, -0.05) is 13.3 Å². The normalized spacial score (nSPS) is 41.2. The third-order valence-electron chi connectivity index (χ3n) is 6.60. The molecule has 6 unspecified atom stereocenters. The van der Waals surface area contributed by atoms with Gasteiger partial charge < -0.3 is 0 Å². The maximum Gasteiger partial charge on any atom is 0.235 e. The van der Waals surface area contributed by atoms with Crippen LogP contribution in [0.3, 0.4) is 0 Å². The van der Waals surface area contributed by atoms with Crippen molar-refractivity contribution >= 4 is 12.2 Å². The van der Waals surface area contributed by atoms with E-state index in [9.17, 15) is 9.59 Å². The Morgan fingerprint density at radius 1 is 1.29 bits per heavy atom. The van der Waals surface area contributed by atoms with Crippen molar-refractivity contribution < 1.29 is 9.59 Å². The Kier molecular flexibility index (Phi) is 4.10. The molecule has 0 N–H and O–H groups in total. The Morgan fingerprint density at radius 3 is 2.86 bits per heavy atom. The molecule has 2 bridgehead atoms. The molecule has 0 aromatic rings. The SMILES string of the molecule is CCC(CCC12CC(CC1N=C=O)C1CCCC12)N=C=O. The summed E-state index contributed by atoms with van der Waals surface area (Å²) in [6.45, 7) is 2.06. The lowest BCUT2D eigenvalue weighted by Gasteiger charge is -2.40. The lowest BCUT2D eigenvalue weighted by Crippen LogP contribution is -2.39. The molecule has 3 rings (SSSR count). The smallest absolute Gasteiger partial charge is 0.211 e. The van der Waals surface area contributed by atoms with Gasteiger partial charge in [0.15, 0.2) is 0 Å². The van der Waals surface area contributed by atoms with E-state index in [-0.39, 0.29) is 17.5 Å². The largest absolute Gasteiger partial charge is 0.235 e. The highest BCUT2D eigenvalue weighted by atomic mass is 16.1. The number of nitrogens with zero attached hydrogens (tertiary/aromatic N) is 2. The van der Waals surface area contributed by atoms with Crippen LogP contribution in [0, 0.1) is 23.2 Å². The zero-order valence-electron chi connectivity index (χ0n) is 12.8. The lowest BCUT2D eigenvalue weighted by molar-refractivity contribution is 0.110. The van der Waals surface area contributed by atoms with E-state index in [1.807, 2.05) is 6.08 Å². The minimum Gasteiger partial charge on any atom is -0.211 e. The number of aliphatic imine (C=N–C) groups is 2. The van der Waals surface area contributed by atoms with Crippen LogP contribution >= 0.6 is 0 Å². The number of hydrogen-bond acceptors (Lipinski definition) is 4. The summed E-state index contributed by atoms with van der Waals surface area (Å²) >= 11 is 0. The Balaban J connectivity index is 1.80. The zero-order valence-corrected chi connectivity index (χ0v) is 12.8. The molecule has 0 spiro atoms. The van der Waals surface area contributed by atoms with Crippen LogP contribution < -0.4 is 0 Å². The van der Waals surface area contributed by atoms with Gasteiger partial charge in [-0.2, -0.15) is 0 Å². The molecule has 3 aliphatic rings. The molecule has 0 aromatic carbocycles. The fourth-order valence-electron chi connectivity index (χ4n) is 5.79. The van der Waals surface area contributed by atoms with Crippen molar-refractivity contribution in [1.29, 1.82) is 0 Å². The van der Waals surface area contributed by atoms with E-state index in [1.165, 1.54) is 25.7 Å². The summed E-state index contributed by atoms with van der Waals surface area (Å²) in [6, 6.07) is 0.245. The summed E-state index contributed by atoms with van der Waals surface area (Å²) < 4.78 is 0. The molecule has 0 heterocycles. The molecule has 3 aliphatic carbocycles. The number of isocyanates is 2. The van der Waals surface area contributed by atoms with Gasteiger partial charge in [-0.15, -0.1) is 0 Å². The first kappa shape index (κ1) is 14.7. The average Bonchev–Trinajstić information content (AvgIpc) is 3.15. The molecule has 0 amide bonds. The third-order valence-corrected chi connectivity index (χ3v) is 6.60. The van der Waals surface area contributed by atoms with Gasteiger partial charge in [-0.05, 0) is 68.1 Å². The minimum absolute atomic E-state index is 0.0808. The van der Waals surface area contributed by atoms with E-state index in [1.54, 1.807) is 6.08 Å². The standard InChI is InChI=1S/C17H24N2O2/c1-2-13(18-10-20)6-7-17-9-12(8-16(17)19-11-21)14-4-3-5-15(14)17/h12-16H,2-9H2,1H3. The molecule has 4 heteroatoms. The van der Waals surface area contributed by atoms with E-state index >= 15 is 0 Å². The fourth-order valence-corrected chi connectivity index (χ4v) is 5.79. The Morgan fingerprint density at radius 2 is 2.14 bits per heavy atom. The molecular formula is C17H24N2O2. The molecule has 21 heavy (non-hydrogen) atoms. The zero-order chi connectivity index (χ0) is 14.9. The van der Waals surface area contributed by atoms with Crippen LogP contribution in [-0.4, -0.2) is 24.2 Å². The van der Waals surface area contributed by atoms with E-state index in [0.29, 0.717) is 0 Å². The average molecular weight is 288 g/mol. The third kappa shape index (κ3) is 2.31. The van der Waals surface area contributed by atoms with E-state index < -0.39 is 0 Å². The molecule has 3 fully saturated rings. The summed E-state index contributed by atoms with van der Waals surface area (Å²) in [5.74, 6) is 2.35. The molecule has 0 saturated heterocycles. The van der Waals surface area contributed by atoms with Crippen molar-refractivity contribution in [3.05, 3.63) is 0 Å². The predicted octanol–water partition coefficient (Wildman–Crippen LogP) is 3.41. The van der Waals surface area contributed by atoms with Gasteiger partial charge in [-0.3, -0.25) is 0 Å². The second-order valence-electron chi connectivity index (χ2n) is 7.19. The van der Waals surface area contributed by atoms with Crippen LogP contribution in [0.2, 0.25) is 0 Å². The van der Waals surface area contributed by atoms with E-state index in [0.717, 1.165) is 43.4 Å². The number of hydrogen-bond donors (Lipinski definition) is 0. The molecule has 4 nitrogen and oxygen atoms in total. The maximum absolute atomic E-state index is 10.8. The van der Waals surface area contributed by atoms with Gasteiger partial charge in [0.2, 0.25) is 12.2 Å². The summed E-state index contributed by atoms with van der Waals surface area (Å²) in [5.41, 5.74) is 0.190. The van der Waals surface area contributed by atoms with Gasteiger partial charge in [0.1, 0.15) is 0 Å². The Hall–Kier alpha value is -1.24. The number of fused-ring (bicyclic) bond motifs is 5. The monoisotopic (exact) mass is 288 g/mol. The van der Waals surface area contributed by atoms with Gasteiger partial charge in [0, 0.05) is 0 Å². The molecule has 0 radical (unpaired) electrons. The molecule has 0 aliphatic heterocycles. The molecule has 6 atom stereocenters. The molecule has 0 aromatic heterocycles. The number of carbonyl (C=O) groups excluding carboxylic acids is 2. The highest BCUT2D eigenvalue weighted by molar-refractivity contribution is 5.35. The molecule has 114 valence electrons. The molecule has 3 saturated carbocycles. The minimum atomic E-state index is 0.0808. The van der Waals surface area contributed by atoms with Crippen molar-refractivity contribution in [2.45, 2.75) is 70.4 Å². The van der Waals surface area contributed by atoms with Crippen LogP contribution in [-0.2, 0) is 9.59 Å². The van der Waals surface area contributed by atoms with E-state index in [2.05, 4.69) is 16.9 Å². The quantitative estimate of drug-likeness (QED) is 0.555. The lowest BCUT2D eigenvalue weighted by atomic mass is 9.66. The fraction of sp³-hybridized carbons (Fsp3) is 0.882. The van der Waals surface area contributed by atoms with Crippen LogP contribution in [0.1, 0.15) is 58.3 Å². The Labute approximate surface area is 126 Å². The highest BCUT2D eigenvalue weighted by Crippen LogP contribution is 2.68. The van der Waals surface area contributed by atoms with Crippen molar-refractivity contribution in [1.82, 2.24) is 0 Å². The van der Waals surface area contributed by atoms with Gasteiger partial charge in [0.05, 0.1) is 12.1 Å². The van der Waals surface area contributed by atoms with Gasteiger partial charge in [0.25, 0.3) is 0 Å². The summed E-state index contributed by atoms with van der Waals surface area (Å²) in [5, 5.41) is 0. The second kappa shape index (κ2) is 5.87. The van der Waals surface area contributed by atoms with Crippen molar-refractivity contribution in [3.63, 3.8) is 0 Å². The summed E-state index contributed by atoms with van der Waals surface area (Å²) in [7, 11) is 0. The first-order valence-electron chi connectivity index (χ1n) is 8.39. The first-order valence-corrected chi connectivity index (χ1v) is 8.39. The second-order valence-corrected chi connectivity index (χ2v) is 7.19. The van der Waals surface area contributed by atoms with Crippen LogP contribution in [0.4, 0.5) is 0 Å². The Bertz CT molecular complexity index is 493. The number of rotatable bonds is 6. The van der Waals surface area contributed by atoms with Crippen molar-refractivity contribution in [3.8, 4) is 0 Å². The summed E-state index contributed by atoms with van der Waals surface area (Å²) in [6.07, 6.45) is 12.6. The van der Waals surface area contributed by atoms with Crippen molar-refractivity contribution in [2.24, 2.45) is 33.2 Å². The van der Waals surface area contributed by atoms with Crippen LogP contribution in [0.25, 0.3) is 0 Å². The topological polar surface area (TPSA) is 58.9 Å². The van der Waals surface area contributed by atoms with Crippen LogP contribution in [0.15, 0.2) is 9.98 Å².